The third kappa shape index (κ3) is 1.88. The average molecular weight is 235 g/mol. The molecule has 1 fully saturated rings. The zero-order valence-corrected chi connectivity index (χ0v) is 9.67. The van der Waals surface area contributed by atoms with Gasteiger partial charge in [-0.05, 0) is 30.8 Å². The van der Waals surface area contributed by atoms with Gasteiger partial charge in [0.15, 0.2) is 5.82 Å². The van der Waals surface area contributed by atoms with E-state index in [1.54, 1.807) is 11.3 Å². The summed E-state index contributed by atoms with van der Waals surface area (Å²) in [5.74, 6) is 1.89. The lowest BCUT2D eigenvalue weighted by Crippen LogP contribution is -2.28. The molecule has 2 aromatic heterocycles. The summed E-state index contributed by atoms with van der Waals surface area (Å²) in [6.07, 6.45) is 2.34. The van der Waals surface area contributed by atoms with Crippen molar-refractivity contribution >= 4 is 11.3 Å². The molecule has 0 amide bonds. The normalized spacial score (nSPS) is 21.1. The molecule has 84 valence electrons. The van der Waals surface area contributed by atoms with Gasteiger partial charge >= 0.3 is 0 Å². The maximum absolute atomic E-state index is 5.28. The molecule has 0 radical (unpaired) electrons. The quantitative estimate of drug-likeness (QED) is 0.867. The number of aromatic nitrogens is 2. The molecule has 5 heteroatoms. The highest BCUT2D eigenvalue weighted by Gasteiger charge is 2.21. The first-order chi connectivity index (χ1) is 7.93. The Morgan fingerprint density at radius 2 is 2.50 bits per heavy atom. The minimum Gasteiger partial charge on any atom is -0.334 e. The summed E-state index contributed by atoms with van der Waals surface area (Å²) in [4.78, 5) is 4.47. The van der Waals surface area contributed by atoms with Crippen LogP contribution in [0.15, 0.2) is 21.3 Å². The van der Waals surface area contributed by atoms with Gasteiger partial charge in [0.2, 0.25) is 0 Å². The largest absolute Gasteiger partial charge is 0.334 e. The topological polar surface area (TPSA) is 51.0 Å². The lowest BCUT2D eigenvalue weighted by Gasteiger charge is -2.19. The fourth-order valence-electron chi connectivity index (χ4n) is 1.98. The van der Waals surface area contributed by atoms with Crippen LogP contribution in [-0.4, -0.2) is 23.2 Å². The Labute approximate surface area is 97.7 Å². The monoisotopic (exact) mass is 235 g/mol. The average Bonchev–Trinajstić information content (AvgIpc) is 3.01. The second-order valence-electron chi connectivity index (χ2n) is 4.01. The lowest BCUT2D eigenvalue weighted by atomic mass is 9.99. The fraction of sp³-hybridized carbons (Fsp3) is 0.455. The van der Waals surface area contributed by atoms with Crippen LogP contribution in [0.1, 0.15) is 24.6 Å². The van der Waals surface area contributed by atoms with E-state index in [-0.39, 0.29) is 0 Å². The maximum atomic E-state index is 5.28. The minimum absolute atomic E-state index is 0.407. The van der Waals surface area contributed by atoms with Crippen LogP contribution in [0.5, 0.6) is 0 Å². The molecular weight excluding hydrogens is 222 g/mol. The number of nitrogens with one attached hydrogen (secondary N) is 1. The molecule has 1 N–H and O–H groups in total. The SMILES string of the molecule is c1cc(-c2nc(C3CCCNC3)no2)cs1. The Hall–Kier alpha value is -1.20. The first-order valence-corrected chi connectivity index (χ1v) is 6.44. The van der Waals surface area contributed by atoms with Gasteiger partial charge in [-0.1, -0.05) is 5.16 Å². The van der Waals surface area contributed by atoms with E-state index >= 15 is 0 Å². The second-order valence-corrected chi connectivity index (χ2v) is 4.79. The third-order valence-corrected chi connectivity index (χ3v) is 3.56. The van der Waals surface area contributed by atoms with Gasteiger partial charge in [0.25, 0.3) is 5.89 Å². The molecule has 2 aromatic rings. The Balaban J connectivity index is 1.82. The van der Waals surface area contributed by atoms with E-state index in [0.717, 1.165) is 30.9 Å². The second kappa shape index (κ2) is 4.35. The van der Waals surface area contributed by atoms with Gasteiger partial charge in [-0.25, -0.2) is 0 Å². The molecule has 0 saturated carbocycles. The summed E-state index contributed by atoms with van der Waals surface area (Å²) in [6.45, 7) is 2.06. The molecule has 1 unspecified atom stereocenters. The van der Waals surface area contributed by atoms with E-state index in [4.69, 9.17) is 4.52 Å². The summed E-state index contributed by atoms with van der Waals surface area (Å²) in [7, 11) is 0. The standard InChI is InChI=1S/C11H13N3OS/c1-2-8(6-12-4-1)10-13-11(15-14-10)9-3-5-16-7-9/h3,5,7-8,12H,1-2,4,6H2. The van der Waals surface area contributed by atoms with Crippen molar-refractivity contribution in [3.63, 3.8) is 0 Å². The van der Waals surface area contributed by atoms with Crippen LogP contribution in [0.25, 0.3) is 11.5 Å². The molecule has 4 nitrogen and oxygen atoms in total. The van der Waals surface area contributed by atoms with Gasteiger partial charge < -0.3 is 9.84 Å². The Morgan fingerprint density at radius 1 is 1.50 bits per heavy atom. The van der Waals surface area contributed by atoms with Crippen molar-refractivity contribution < 1.29 is 4.52 Å². The fourth-order valence-corrected chi connectivity index (χ4v) is 2.61. The van der Waals surface area contributed by atoms with Crippen molar-refractivity contribution in [3.8, 4) is 11.5 Å². The molecule has 3 rings (SSSR count). The molecule has 1 saturated heterocycles. The van der Waals surface area contributed by atoms with Gasteiger partial charge in [0.05, 0.1) is 5.56 Å². The number of hydrogen-bond donors (Lipinski definition) is 1. The summed E-state index contributed by atoms with van der Waals surface area (Å²) >= 11 is 1.64. The molecule has 3 heterocycles. The van der Waals surface area contributed by atoms with Crippen LogP contribution in [-0.2, 0) is 0 Å². The van der Waals surface area contributed by atoms with Crippen molar-refractivity contribution in [1.82, 2.24) is 15.5 Å². The number of thiophene rings is 1. The molecule has 1 aliphatic heterocycles. The Bertz CT molecular complexity index is 446. The van der Waals surface area contributed by atoms with Crippen molar-refractivity contribution in [2.75, 3.05) is 13.1 Å². The summed E-state index contributed by atoms with van der Waals surface area (Å²) in [5.41, 5.74) is 1.02. The van der Waals surface area contributed by atoms with Gasteiger partial charge in [-0.2, -0.15) is 16.3 Å². The molecule has 16 heavy (non-hydrogen) atoms. The smallest absolute Gasteiger partial charge is 0.258 e. The van der Waals surface area contributed by atoms with E-state index in [9.17, 15) is 0 Å². The van der Waals surface area contributed by atoms with Gasteiger partial charge in [-0.15, -0.1) is 0 Å². The van der Waals surface area contributed by atoms with E-state index in [1.165, 1.54) is 6.42 Å². The van der Waals surface area contributed by atoms with Crippen LogP contribution in [0.2, 0.25) is 0 Å². The maximum Gasteiger partial charge on any atom is 0.258 e. The first kappa shape index (κ1) is 9.99. The van der Waals surface area contributed by atoms with Crippen LogP contribution < -0.4 is 5.32 Å². The molecular formula is C11H13N3OS. The summed E-state index contributed by atoms with van der Waals surface area (Å²) in [6, 6.07) is 2.00. The number of piperidine rings is 1. The Morgan fingerprint density at radius 3 is 3.25 bits per heavy atom. The predicted octanol–water partition coefficient (Wildman–Crippen LogP) is 2.27. The summed E-state index contributed by atoms with van der Waals surface area (Å²) < 4.78 is 5.28. The highest BCUT2D eigenvalue weighted by molar-refractivity contribution is 7.08. The van der Waals surface area contributed by atoms with E-state index in [2.05, 4.69) is 15.5 Å². The van der Waals surface area contributed by atoms with E-state index < -0.39 is 0 Å². The molecule has 0 aliphatic carbocycles. The van der Waals surface area contributed by atoms with Crippen molar-refractivity contribution in [1.29, 1.82) is 0 Å². The van der Waals surface area contributed by atoms with E-state index in [0.29, 0.717) is 11.8 Å². The Kier molecular flexibility index (Phi) is 2.71. The van der Waals surface area contributed by atoms with E-state index in [1.807, 2.05) is 16.8 Å². The molecule has 1 aliphatic rings. The van der Waals surface area contributed by atoms with Crippen LogP contribution >= 0.6 is 11.3 Å². The van der Waals surface area contributed by atoms with Crippen molar-refractivity contribution in [3.05, 3.63) is 22.7 Å². The zero-order valence-electron chi connectivity index (χ0n) is 8.85. The van der Waals surface area contributed by atoms with Gasteiger partial charge in [0.1, 0.15) is 0 Å². The number of nitrogens with zero attached hydrogens (tertiary/aromatic N) is 2. The highest BCUT2D eigenvalue weighted by Crippen LogP contribution is 2.25. The van der Waals surface area contributed by atoms with Crippen LogP contribution in [0, 0.1) is 0 Å². The highest BCUT2D eigenvalue weighted by atomic mass is 32.1. The number of hydrogen-bond acceptors (Lipinski definition) is 5. The molecule has 1 atom stereocenters. The van der Waals surface area contributed by atoms with Gasteiger partial charge in [0, 0.05) is 17.8 Å². The minimum atomic E-state index is 0.407. The van der Waals surface area contributed by atoms with Gasteiger partial charge in [-0.3, -0.25) is 0 Å². The first-order valence-electron chi connectivity index (χ1n) is 5.50. The third-order valence-electron chi connectivity index (χ3n) is 2.87. The zero-order chi connectivity index (χ0) is 10.8. The lowest BCUT2D eigenvalue weighted by molar-refractivity contribution is 0.393. The summed E-state index contributed by atoms with van der Waals surface area (Å²) in [5, 5.41) is 11.5. The molecule has 0 spiro atoms. The number of rotatable bonds is 2. The van der Waals surface area contributed by atoms with Crippen molar-refractivity contribution in [2.24, 2.45) is 0 Å². The molecule has 0 bridgehead atoms. The molecule has 0 aromatic carbocycles. The van der Waals surface area contributed by atoms with Crippen LogP contribution in [0.3, 0.4) is 0 Å². The van der Waals surface area contributed by atoms with Crippen molar-refractivity contribution in [2.45, 2.75) is 18.8 Å². The predicted molar refractivity (Wildman–Crippen MR) is 62.5 cm³/mol. The van der Waals surface area contributed by atoms with Crippen LogP contribution in [0.4, 0.5) is 0 Å².